The largest absolute Gasteiger partial charge is 0.383 e. The van der Waals surface area contributed by atoms with Crippen molar-refractivity contribution in [3.63, 3.8) is 0 Å². The van der Waals surface area contributed by atoms with Crippen molar-refractivity contribution in [2.75, 3.05) is 39.2 Å². The van der Waals surface area contributed by atoms with Crippen LogP contribution in [0.4, 0.5) is 5.82 Å². The Labute approximate surface area is 127 Å². The molecular weight excluding hydrogens is 266 g/mol. The van der Waals surface area contributed by atoms with Gasteiger partial charge in [-0.15, -0.1) is 0 Å². The van der Waals surface area contributed by atoms with Crippen molar-refractivity contribution < 1.29 is 4.74 Å². The molecule has 0 saturated carbocycles. The molecule has 0 saturated heterocycles. The molecule has 1 unspecified atom stereocenters. The van der Waals surface area contributed by atoms with E-state index in [-0.39, 0.29) is 6.04 Å². The van der Waals surface area contributed by atoms with E-state index < -0.39 is 0 Å². The number of hydrogen-bond donors (Lipinski definition) is 3. The first-order chi connectivity index (χ1) is 10.3. The van der Waals surface area contributed by atoms with Gasteiger partial charge in [-0.05, 0) is 31.9 Å². The Kier molecular flexibility index (Phi) is 8.95. The summed E-state index contributed by atoms with van der Waals surface area (Å²) >= 11 is 0. The second kappa shape index (κ2) is 10.9. The predicted molar refractivity (Wildman–Crippen MR) is 87.8 cm³/mol. The highest BCUT2D eigenvalue weighted by Crippen LogP contribution is 2.00. The first-order valence-corrected chi connectivity index (χ1v) is 7.37. The van der Waals surface area contributed by atoms with E-state index in [1.54, 1.807) is 20.4 Å². The molecule has 0 amide bonds. The van der Waals surface area contributed by atoms with Gasteiger partial charge in [0.25, 0.3) is 0 Å². The second-order valence-electron chi connectivity index (χ2n) is 4.85. The van der Waals surface area contributed by atoms with Crippen molar-refractivity contribution in [3.05, 3.63) is 24.4 Å². The summed E-state index contributed by atoms with van der Waals surface area (Å²) in [7, 11) is 3.47. The van der Waals surface area contributed by atoms with Crippen LogP contribution in [0, 0.1) is 0 Å². The molecule has 0 radical (unpaired) electrons. The van der Waals surface area contributed by atoms with Gasteiger partial charge in [0.15, 0.2) is 5.96 Å². The van der Waals surface area contributed by atoms with Gasteiger partial charge in [0.05, 0.1) is 6.61 Å². The first kappa shape index (κ1) is 17.2. The van der Waals surface area contributed by atoms with Gasteiger partial charge in [-0.1, -0.05) is 6.07 Å². The van der Waals surface area contributed by atoms with Crippen molar-refractivity contribution >= 4 is 11.8 Å². The van der Waals surface area contributed by atoms with Crippen LogP contribution < -0.4 is 16.0 Å². The molecular formula is C15H27N5O. The normalized spacial score (nSPS) is 12.8. The number of anilines is 1. The summed E-state index contributed by atoms with van der Waals surface area (Å²) < 4.78 is 5.09. The molecule has 6 heteroatoms. The van der Waals surface area contributed by atoms with Crippen LogP contribution in [-0.2, 0) is 4.74 Å². The number of ether oxygens (including phenoxy) is 1. The average Bonchev–Trinajstić information content (AvgIpc) is 2.50. The topological polar surface area (TPSA) is 70.6 Å². The Bertz CT molecular complexity index is 396. The van der Waals surface area contributed by atoms with Crippen molar-refractivity contribution in [2.45, 2.75) is 25.8 Å². The summed E-state index contributed by atoms with van der Waals surface area (Å²) in [5, 5.41) is 9.86. The summed E-state index contributed by atoms with van der Waals surface area (Å²) in [6, 6.07) is 6.11. The molecule has 0 spiro atoms. The van der Waals surface area contributed by atoms with Gasteiger partial charge in [0.2, 0.25) is 0 Å². The minimum Gasteiger partial charge on any atom is -0.383 e. The molecule has 21 heavy (non-hydrogen) atoms. The molecule has 1 rings (SSSR count). The van der Waals surface area contributed by atoms with Gasteiger partial charge in [-0.25, -0.2) is 4.98 Å². The standard InChI is InChI=1S/C15H27N5O/c1-13(12-21-3)20-15(16-2)19-11-7-6-10-18-14-8-4-5-9-17-14/h4-5,8-9,13H,6-7,10-12H2,1-3H3,(H,17,18)(H2,16,19,20). The molecule has 1 aromatic rings. The quantitative estimate of drug-likeness (QED) is 0.365. The van der Waals surface area contributed by atoms with Crippen LogP contribution in [0.3, 0.4) is 0 Å². The second-order valence-corrected chi connectivity index (χ2v) is 4.85. The van der Waals surface area contributed by atoms with Crippen LogP contribution in [0.2, 0.25) is 0 Å². The van der Waals surface area contributed by atoms with Crippen molar-refractivity contribution in [3.8, 4) is 0 Å². The van der Waals surface area contributed by atoms with Gasteiger partial charge < -0.3 is 20.7 Å². The van der Waals surface area contributed by atoms with Gasteiger partial charge in [0.1, 0.15) is 5.82 Å². The fraction of sp³-hybridized carbons (Fsp3) is 0.600. The third-order valence-electron chi connectivity index (χ3n) is 2.89. The number of pyridine rings is 1. The molecule has 118 valence electrons. The first-order valence-electron chi connectivity index (χ1n) is 7.37. The Morgan fingerprint density at radius 2 is 2.14 bits per heavy atom. The van der Waals surface area contributed by atoms with Crippen molar-refractivity contribution in [1.82, 2.24) is 15.6 Å². The zero-order valence-electron chi connectivity index (χ0n) is 13.2. The Morgan fingerprint density at radius 3 is 2.81 bits per heavy atom. The number of nitrogens with zero attached hydrogens (tertiary/aromatic N) is 2. The summed E-state index contributed by atoms with van der Waals surface area (Å²) in [6.45, 7) is 4.54. The zero-order chi connectivity index (χ0) is 15.3. The van der Waals surface area contributed by atoms with E-state index in [1.807, 2.05) is 18.2 Å². The number of aliphatic imine (C=N–C) groups is 1. The molecule has 1 atom stereocenters. The highest BCUT2D eigenvalue weighted by atomic mass is 16.5. The maximum atomic E-state index is 5.09. The van der Waals surface area contributed by atoms with Gasteiger partial charge in [-0.2, -0.15) is 0 Å². The number of guanidine groups is 1. The number of methoxy groups -OCH3 is 1. The van der Waals surface area contributed by atoms with Crippen LogP contribution in [0.5, 0.6) is 0 Å². The molecule has 1 aromatic heterocycles. The zero-order valence-corrected chi connectivity index (χ0v) is 13.2. The smallest absolute Gasteiger partial charge is 0.191 e. The fourth-order valence-corrected chi connectivity index (χ4v) is 1.86. The van der Waals surface area contributed by atoms with Crippen LogP contribution in [0.15, 0.2) is 29.4 Å². The Hall–Kier alpha value is -1.82. The lowest BCUT2D eigenvalue weighted by molar-refractivity contribution is 0.179. The summed E-state index contributed by atoms with van der Waals surface area (Å²) in [6.07, 6.45) is 3.94. The molecule has 0 aliphatic heterocycles. The highest BCUT2D eigenvalue weighted by molar-refractivity contribution is 5.79. The fourth-order valence-electron chi connectivity index (χ4n) is 1.86. The predicted octanol–water partition coefficient (Wildman–Crippen LogP) is 1.47. The molecule has 0 aromatic carbocycles. The highest BCUT2D eigenvalue weighted by Gasteiger charge is 2.03. The monoisotopic (exact) mass is 293 g/mol. The third-order valence-corrected chi connectivity index (χ3v) is 2.89. The number of nitrogens with one attached hydrogen (secondary N) is 3. The Balaban J connectivity index is 2.07. The van der Waals surface area contributed by atoms with Crippen LogP contribution in [0.1, 0.15) is 19.8 Å². The van der Waals surface area contributed by atoms with E-state index in [4.69, 9.17) is 4.74 Å². The summed E-state index contributed by atoms with van der Waals surface area (Å²) in [4.78, 5) is 8.41. The minimum absolute atomic E-state index is 0.243. The molecule has 1 heterocycles. The van der Waals surface area contributed by atoms with Crippen LogP contribution in [0.25, 0.3) is 0 Å². The van der Waals surface area contributed by atoms with E-state index in [0.717, 1.165) is 37.7 Å². The van der Waals surface area contributed by atoms with Gasteiger partial charge in [-0.3, -0.25) is 4.99 Å². The molecule has 0 fully saturated rings. The third kappa shape index (κ3) is 8.14. The van der Waals surface area contributed by atoms with Gasteiger partial charge in [0, 0.05) is 39.5 Å². The molecule has 0 aliphatic carbocycles. The summed E-state index contributed by atoms with van der Waals surface area (Å²) in [5.41, 5.74) is 0. The van der Waals surface area contributed by atoms with Crippen molar-refractivity contribution in [1.29, 1.82) is 0 Å². The number of aromatic nitrogens is 1. The maximum Gasteiger partial charge on any atom is 0.191 e. The number of unbranched alkanes of at least 4 members (excludes halogenated alkanes) is 1. The summed E-state index contributed by atoms with van der Waals surface area (Å²) in [5.74, 6) is 1.74. The molecule has 3 N–H and O–H groups in total. The number of rotatable bonds is 9. The van der Waals surface area contributed by atoms with E-state index in [0.29, 0.717) is 6.61 Å². The van der Waals surface area contributed by atoms with Crippen LogP contribution in [-0.4, -0.2) is 50.8 Å². The molecule has 0 aliphatic rings. The average molecular weight is 293 g/mol. The minimum atomic E-state index is 0.243. The lowest BCUT2D eigenvalue weighted by Gasteiger charge is -2.17. The van der Waals surface area contributed by atoms with Gasteiger partial charge >= 0.3 is 0 Å². The molecule has 0 bridgehead atoms. The maximum absolute atomic E-state index is 5.09. The lowest BCUT2D eigenvalue weighted by Crippen LogP contribution is -2.44. The van der Waals surface area contributed by atoms with Crippen molar-refractivity contribution in [2.24, 2.45) is 4.99 Å². The SMILES string of the molecule is CN=C(NCCCCNc1ccccn1)NC(C)COC. The molecule has 6 nitrogen and oxygen atoms in total. The van der Waals surface area contributed by atoms with E-state index >= 15 is 0 Å². The van der Waals surface area contributed by atoms with E-state index in [2.05, 4.69) is 32.9 Å². The van der Waals surface area contributed by atoms with Crippen LogP contribution >= 0.6 is 0 Å². The van der Waals surface area contributed by atoms with E-state index in [1.165, 1.54) is 0 Å². The Morgan fingerprint density at radius 1 is 1.33 bits per heavy atom. The van der Waals surface area contributed by atoms with E-state index in [9.17, 15) is 0 Å². The number of hydrogen-bond acceptors (Lipinski definition) is 4. The lowest BCUT2D eigenvalue weighted by atomic mass is 10.3.